The molecule has 8 nitrogen and oxygen atoms in total. The lowest BCUT2D eigenvalue weighted by Gasteiger charge is -2.31. The second kappa shape index (κ2) is 6.80. The molecule has 0 radical (unpaired) electrons. The maximum Gasteiger partial charge on any atom is 0.374 e. The Kier molecular flexibility index (Phi) is 4.88. The second-order valence-electron chi connectivity index (χ2n) is 6.38. The Morgan fingerprint density at radius 1 is 1.32 bits per heavy atom. The minimum atomic E-state index is -4.15. The van der Waals surface area contributed by atoms with Gasteiger partial charge in [-0.05, 0) is 44.2 Å². The summed E-state index contributed by atoms with van der Waals surface area (Å²) in [5, 5.41) is 9.07. The van der Waals surface area contributed by atoms with Crippen LogP contribution in [0.4, 0.5) is 0 Å². The summed E-state index contributed by atoms with van der Waals surface area (Å²) in [6.45, 7) is 1.77. The number of carbonyl (C=O) groups is 2. The molecule has 1 aliphatic carbocycles. The van der Waals surface area contributed by atoms with Crippen molar-refractivity contribution >= 4 is 22.0 Å². The van der Waals surface area contributed by atoms with Crippen LogP contribution < -0.4 is 0 Å². The highest BCUT2D eigenvalue weighted by Crippen LogP contribution is 2.42. The van der Waals surface area contributed by atoms with Crippen LogP contribution in [0.3, 0.4) is 0 Å². The zero-order valence-corrected chi connectivity index (χ0v) is 14.7. The molecule has 9 heteroatoms. The Bertz CT molecular complexity index is 769. The normalized spacial score (nSPS) is 27.0. The number of fused-ring (bicyclic) bond motifs is 1. The quantitative estimate of drug-likeness (QED) is 0.786. The number of carboxylic acid groups (broad SMARTS) is 1. The van der Waals surface area contributed by atoms with Crippen LogP contribution in [-0.4, -0.2) is 48.5 Å². The van der Waals surface area contributed by atoms with Crippen LogP contribution in [-0.2, 0) is 19.6 Å². The third-order valence-corrected chi connectivity index (χ3v) is 6.71. The first kappa shape index (κ1) is 17.9. The molecule has 0 spiro atoms. The van der Waals surface area contributed by atoms with Crippen molar-refractivity contribution in [1.82, 2.24) is 4.31 Å². The molecule has 3 rings (SSSR count). The van der Waals surface area contributed by atoms with Crippen molar-refractivity contribution in [1.29, 1.82) is 0 Å². The number of esters is 1. The first-order chi connectivity index (χ1) is 11.9. The minimum absolute atomic E-state index is 0.0455. The molecule has 3 unspecified atom stereocenters. The zero-order chi connectivity index (χ0) is 18.2. The molecule has 0 bridgehead atoms. The Morgan fingerprint density at radius 2 is 2.04 bits per heavy atom. The largest absolute Gasteiger partial charge is 0.480 e. The molecule has 1 saturated carbocycles. The van der Waals surface area contributed by atoms with Gasteiger partial charge in [-0.1, -0.05) is 12.8 Å². The van der Waals surface area contributed by atoms with E-state index in [0.29, 0.717) is 12.8 Å². The Hall–Kier alpha value is -1.87. The zero-order valence-electron chi connectivity index (χ0n) is 13.9. The smallest absolute Gasteiger partial charge is 0.374 e. The third-order valence-electron chi connectivity index (χ3n) is 4.90. The van der Waals surface area contributed by atoms with Crippen molar-refractivity contribution in [3.8, 4) is 0 Å². The number of hydrogen-bond donors (Lipinski definition) is 1. The Labute approximate surface area is 145 Å². The highest BCUT2D eigenvalue weighted by Gasteiger charge is 2.52. The van der Waals surface area contributed by atoms with Crippen LogP contribution in [0, 0.1) is 5.92 Å². The fourth-order valence-corrected chi connectivity index (χ4v) is 5.64. The van der Waals surface area contributed by atoms with Crippen molar-refractivity contribution < 1.29 is 32.3 Å². The van der Waals surface area contributed by atoms with Crippen molar-refractivity contribution in [2.24, 2.45) is 5.92 Å². The van der Waals surface area contributed by atoms with Gasteiger partial charge in [0.1, 0.15) is 6.04 Å². The molecule has 2 fully saturated rings. The predicted octanol–water partition coefficient (Wildman–Crippen LogP) is 1.86. The summed E-state index contributed by atoms with van der Waals surface area (Å²) in [5.74, 6) is -2.08. The highest BCUT2D eigenvalue weighted by molar-refractivity contribution is 7.89. The van der Waals surface area contributed by atoms with Crippen molar-refractivity contribution in [3.63, 3.8) is 0 Å². The molecule has 2 aliphatic rings. The van der Waals surface area contributed by atoms with Crippen molar-refractivity contribution in [3.05, 3.63) is 17.9 Å². The standard InChI is InChI=1S/C16H21NO7S/c1-2-23-16(20)13-7-8-14(24-13)25(21,22)17-11-6-4-3-5-10(11)9-12(17)15(18)19/h7-8,10-12H,2-6,9H2,1H3,(H,18,19). The number of carbonyl (C=O) groups excluding carboxylic acids is 1. The summed E-state index contributed by atoms with van der Waals surface area (Å²) in [6.07, 6.45) is 3.62. The Balaban J connectivity index is 1.94. The molecule has 1 aromatic heterocycles. The molecule has 3 atom stereocenters. The van der Waals surface area contributed by atoms with Crippen LogP contribution in [0.5, 0.6) is 0 Å². The van der Waals surface area contributed by atoms with Gasteiger partial charge in [0.2, 0.25) is 10.9 Å². The number of rotatable bonds is 5. The molecule has 1 aliphatic heterocycles. The van der Waals surface area contributed by atoms with Crippen LogP contribution >= 0.6 is 0 Å². The van der Waals surface area contributed by atoms with Gasteiger partial charge in [-0.15, -0.1) is 0 Å². The lowest BCUT2D eigenvalue weighted by atomic mass is 9.85. The van der Waals surface area contributed by atoms with Gasteiger partial charge in [0, 0.05) is 6.04 Å². The van der Waals surface area contributed by atoms with Gasteiger partial charge in [0.15, 0.2) is 0 Å². The number of ether oxygens (including phenoxy) is 1. The summed E-state index contributed by atoms with van der Waals surface area (Å²) in [5.41, 5.74) is 0. The molecule has 1 N–H and O–H groups in total. The molecule has 0 aromatic carbocycles. The molecule has 25 heavy (non-hydrogen) atoms. The molecule has 0 amide bonds. The van der Waals surface area contributed by atoms with E-state index < -0.39 is 33.1 Å². The van der Waals surface area contributed by atoms with Crippen molar-refractivity contribution in [2.45, 2.75) is 56.2 Å². The summed E-state index contributed by atoms with van der Waals surface area (Å²) in [7, 11) is -4.15. The highest BCUT2D eigenvalue weighted by atomic mass is 32.2. The van der Waals surface area contributed by atoms with E-state index in [0.717, 1.165) is 23.6 Å². The van der Waals surface area contributed by atoms with Gasteiger partial charge >= 0.3 is 11.9 Å². The molecule has 2 heterocycles. The topological polar surface area (TPSA) is 114 Å². The van der Waals surface area contributed by atoms with Crippen LogP contribution in [0.2, 0.25) is 0 Å². The van der Waals surface area contributed by atoms with Crippen molar-refractivity contribution in [2.75, 3.05) is 6.61 Å². The monoisotopic (exact) mass is 371 g/mol. The maximum atomic E-state index is 13.0. The number of carboxylic acids is 1. The average Bonchev–Trinajstić information content (AvgIpc) is 3.20. The van der Waals surface area contributed by atoms with E-state index in [2.05, 4.69) is 0 Å². The van der Waals surface area contributed by atoms with Gasteiger partial charge in [-0.2, -0.15) is 4.31 Å². The number of aliphatic carboxylic acids is 1. The van der Waals surface area contributed by atoms with Gasteiger partial charge in [-0.25, -0.2) is 13.2 Å². The number of hydrogen-bond acceptors (Lipinski definition) is 6. The summed E-state index contributed by atoms with van der Waals surface area (Å²) >= 11 is 0. The SMILES string of the molecule is CCOC(=O)c1ccc(S(=O)(=O)N2C(C(=O)O)CC3CCCCC32)o1. The van der Waals surface area contributed by atoms with E-state index in [4.69, 9.17) is 9.15 Å². The number of furan rings is 1. The predicted molar refractivity (Wildman–Crippen MR) is 85.5 cm³/mol. The summed E-state index contributed by atoms with van der Waals surface area (Å²) in [4.78, 5) is 23.3. The second-order valence-corrected chi connectivity index (χ2v) is 8.15. The lowest BCUT2D eigenvalue weighted by molar-refractivity contribution is -0.141. The molecule has 1 saturated heterocycles. The van der Waals surface area contributed by atoms with Crippen LogP contribution in [0.15, 0.2) is 21.6 Å². The van der Waals surface area contributed by atoms with Gasteiger partial charge in [0.05, 0.1) is 6.61 Å². The van der Waals surface area contributed by atoms with E-state index in [1.807, 2.05) is 0 Å². The van der Waals surface area contributed by atoms with Crippen LogP contribution in [0.1, 0.15) is 49.6 Å². The molecular formula is C16H21NO7S. The van der Waals surface area contributed by atoms with E-state index >= 15 is 0 Å². The first-order valence-corrected chi connectivity index (χ1v) is 9.83. The Morgan fingerprint density at radius 3 is 2.72 bits per heavy atom. The van der Waals surface area contributed by atoms with E-state index in [9.17, 15) is 23.1 Å². The molecule has 138 valence electrons. The first-order valence-electron chi connectivity index (χ1n) is 8.39. The minimum Gasteiger partial charge on any atom is -0.480 e. The maximum absolute atomic E-state index is 13.0. The molecular weight excluding hydrogens is 350 g/mol. The van der Waals surface area contributed by atoms with E-state index in [-0.39, 0.29) is 24.3 Å². The summed E-state index contributed by atoms with van der Waals surface area (Å²) in [6, 6.07) is 0.969. The fraction of sp³-hybridized carbons (Fsp3) is 0.625. The van der Waals surface area contributed by atoms with Gasteiger partial charge in [-0.3, -0.25) is 4.79 Å². The number of nitrogens with zero attached hydrogens (tertiary/aromatic N) is 1. The number of sulfonamides is 1. The van der Waals surface area contributed by atoms with E-state index in [1.54, 1.807) is 6.92 Å². The van der Waals surface area contributed by atoms with Gasteiger partial charge in [0.25, 0.3) is 10.0 Å². The van der Waals surface area contributed by atoms with Crippen LogP contribution in [0.25, 0.3) is 0 Å². The third kappa shape index (κ3) is 3.18. The van der Waals surface area contributed by atoms with Gasteiger partial charge < -0.3 is 14.3 Å². The summed E-state index contributed by atoms with van der Waals surface area (Å²) < 4.78 is 37.1. The van der Waals surface area contributed by atoms with E-state index in [1.165, 1.54) is 12.1 Å². The lowest BCUT2D eigenvalue weighted by Crippen LogP contribution is -2.45. The molecule has 1 aromatic rings. The average molecular weight is 371 g/mol. The fourth-order valence-electron chi connectivity index (χ4n) is 3.85.